The van der Waals surface area contributed by atoms with Crippen molar-refractivity contribution in [2.24, 2.45) is 0 Å². The third-order valence-electron chi connectivity index (χ3n) is 3.20. The fourth-order valence-corrected chi connectivity index (χ4v) is 3.90. The average Bonchev–Trinajstić information content (AvgIpc) is 3.05. The molecule has 128 valence electrons. The smallest absolute Gasteiger partial charge is 0.291 e. The van der Waals surface area contributed by atoms with Gasteiger partial charge >= 0.3 is 0 Å². The summed E-state index contributed by atoms with van der Waals surface area (Å²) < 4.78 is 26.8. The normalized spacial score (nSPS) is 11.1. The summed E-state index contributed by atoms with van der Waals surface area (Å²) in [6.45, 7) is 1.92. The van der Waals surface area contributed by atoms with Crippen molar-refractivity contribution in [3.8, 4) is 0 Å². The standard InChI is InChI=1S/C16H14N4O3S2/c1-11-7-9-12(10-8-11)14(21)17-15-18-19-16(24-15)25(22,23)20-13-5-3-2-4-6-13/h2-10,20H,1H3,(H,17,18,21). The number of sulfonamides is 1. The van der Waals surface area contributed by atoms with Crippen molar-refractivity contribution in [1.29, 1.82) is 0 Å². The first kappa shape index (κ1) is 17.1. The highest BCUT2D eigenvalue weighted by Gasteiger charge is 2.21. The lowest BCUT2D eigenvalue weighted by molar-refractivity contribution is 0.102. The lowest BCUT2D eigenvalue weighted by Gasteiger charge is -2.04. The van der Waals surface area contributed by atoms with E-state index in [1.165, 1.54) is 0 Å². The number of aromatic nitrogens is 2. The van der Waals surface area contributed by atoms with Crippen molar-refractivity contribution >= 4 is 38.1 Å². The van der Waals surface area contributed by atoms with Crippen LogP contribution in [0.1, 0.15) is 15.9 Å². The van der Waals surface area contributed by atoms with E-state index in [0.717, 1.165) is 16.9 Å². The second-order valence-corrected chi connectivity index (χ2v) is 8.00. The van der Waals surface area contributed by atoms with Crippen molar-refractivity contribution in [1.82, 2.24) is 10.2 Å². The van der Waals surface area contributed by atoms with Gasteiger partial charge in [0.05, 0.1) is 0 Å². The van der Waals surface area contributed by atoms with Crippen LogP contribution in [-0.2, 0) is 10.0 Å². The van der Waals surface area contributed by atoms with E-state index in [0.29, 0.717) is 11.3 Å². The van der Waals surface area contributed by atoms with E-state index in [4.69, 9.17) is 0 Å². The number of anilines is 2. The molecule has 0 radical (unpaired) electrons. The van der Waals surface area contributed by atoms with Crippen LogP contribution in [0.5, 0.6) is 0 Å². The number of benzene rings is 2. The summed E-state index contributed by atoms with van der Waals surface area (Å²) in [5, 5.41) is 10.0. The molecule has 2 aromatic carbocycles. The Morgan fingerprint density at radius 3 is 2.36 bits per heavy atom. The van der Waals surface area contributed by atoms with Gasteiger partial charge in [0.15, 0.2) is 0 Å². The van der Waals surface area contributed by atoms with Gasteiger partial charge in [-0.15, -0.1) is 10.2 Å². The van der Waals surface area contributed by atoms with Crippen molar-refractivity contribution in [2.45, 2.75) is 11.3 Å². The number of para-hydroxylation sites is 1. The fourth-order valence-electron chi connectivity index (χ4n) is 1.95. The highest BCUT2D eigenvalue weighted by Crippen LogP contribution is 2.23. The monoisotopic (exact) mass is 374 g/mol. The summed E-state index contributed by atoms with van der Waals surface area (Å²) in [5.41, 5.74) is 1.91. The van der Waals surface area contributed by atoms with E-state index in [9.17, 15) is 13.2 Å². The summed E-state index contributed by atoms with van der Waals surface area (Å²) in [6, 6.07) is 15.4. The van der Waals surface area contributed by atoms with Gasteiger partial charge in [-0.25, -0.2) is 0 Å². The Balaban J connectivity index is 1.73. The lowest BCUT2D eigenvalue weighted by atomic mass is 10.1. The van der Waals surface area contributed by atoms with Crippen LogP contribution in [-0.4, -0.2) is 24.5 Å². The highest BCUT2D eigenvalue weighted by atomic mass is 32.2. The predicted molar refractivity (Wildman–Crippen MR) is 96.3 cm³/mol. The van der Waals surface area contributed by atoms with Crippen molar-refractivity contribution in [3.63, 3.8) is 0 Å². The van der Waals surface area contributed by atoms with E-state index >= 15 is 0 Å². The van der Waals surface area contributed by atoms with Gasteiger partial charge in [-0.1, -0.05) is 47.2 Å². The zero-order valence-corrected chi connectivity index (χ0v) is 14.8. The minimum atomic E-state index is -3.85. The third-order valence-corrected chi connectivity index (χ3v) is 5.78. The van der Waals surface area contributed by atoms with Gasteiger partial charge in [0.1, 0.15) is 0 Å². The minimum absolute atomic E-state index is 0.110. The average molecular weight is 374 g/mol. The van der Waals surface area contributed by atoms with Gasteiger partial charge in [-0.2, -0.15) is 8.42 Å². The number of carbonyl (C=O) groups is 1. The van der Waals surface area contributed by atoms with E-state index < -0.39 is 10.0 Å². The van der Waals surface area contributed by atoms with Crippen molar-refractivity contribution < 1.29 is 13.2 Å². The van der Waals surface area contributed by atoms with Gasteiger partial charge in [-0.3, -0.25) is 14.8 Å². The molecular weight excluding hydrogens is 360 g/mol. The third kappa shape index (κ3) is 4.20. The van der Waals surface area contributed by atoms with Crippen LogP contribution < -0.4 is 10.0 Å². The Morgan fingerprint density at radius 2 is 1.68 bits per heavy atom. The fraction of sp³-hybridized carbons (Fsp3) is 0.0625. The summed E-state index contributed by atoms with van der Waals surface area (Å²) in [4.78, 5) is 12.1. The Labute approximate surface area is 148 Å². The van der Waals surface area contributed by atoms with Crippen LogP contribution in [0.2, 0.25) is 0 Å². The number of nitrogens with zero attached hydrogens (tertiary/aromatic N) is 2. The van der Waals surface area contributed by atoms with Crippen LogP contribution in [0.4, 0.5) is 10.8 Å². The maximum absolute atomic E-state index is 12.3. The molecule has 0 unspecified atom stereocenters. The van der Waals surface area contributed by atoms with Crippen LogP contribution in [0, 0.1) is 6.92 Å². The molecule has 0 spiro atoms. The van der Waals surface area contributed by atoms with Gasteiger partial charge in [0, 0.05) is 11.3 Å². The molecule has 3 rings (SSSR count). The number of hydrogen-bond acceptors (Lipinski definition) is 6. The topological polar surface area (TPSA) is 101 Å². The lowest BCUT2D eigenvalue weighted by Crippen LogP contribution is -2.12. The summed E-state index contributed by atoms with van der Waals surface area (Å²) in [6.07, 6.45) is 0. The second-order valence-electron chi connectivity index (χ2n) is 5.16. The van der Waals surface area contributed by atoms with Gasteiger partial charge in [0.25, 0.3) is 20.3 Å². The molecule has 25 heavy (non-hydrogen) atoms. The van der Waals surface area contributed by atoms with Crippen LogP contribution in [0.3, 0.4) is 0 Å². The van der Waals surface area contributed by atoms with E-state index in [-0.39, 0.29) is 15.4 Å². The molecule has 0 aliphatic heterocycles. The first-order chi connectivity index (χ1) is 11.9. The second kappa shape index (κ2) is 6.99. The zero-order chi connectivity index (χ0) is 17.9. The van der Waals surface area contributed by atoms with Crippen molar-refractivity contribution in [2.75, 3.05) is 10.0 Å². The summed E-state index contributed by atoms with van der Waals surface area (Å²) >= 11 is 0.781. The number of hydrogen-bond donors (Lipinski definition) is 2. The molecular formula is C16H14N4O3S2. The number of carbonyl (C=O) groups excluding carboxylic acids is 1. The molecule has 0 saturated heterocycles. The first-order valence-corrected chi connectivity index (χ1v) is 9.53. The number of rotatable bonds is 5. The zero-order valence-electron chi connectivity index (χ0n) is 13.1. The molecule has 7 nitrogen and oxygen atoms in total. The molecule has 1 heterocycles. The summed E-state index contributed by atoms with van der Waals surface area (Å²) in [7, 11) is -3.85. The van der Waals surface area contributed by atoms with E-state index in [1.54, 1.807) is 42.5 Å². The maximum Gasteiger partial charge on any atom is 0.291 e. The van der Waals surface area contributed by atoms with Gasteiger partial charge in [-0.05, 0) is 31.2 Å². The molecule has 0 aliphatic rings. The number of nitrogens with one attached hydrogen (secondary N) is 2. The van der Waals surface area contributed by atoms with Crippen LogP contribution in [0.25, 0.3) is 0 Å². The van der Waals surface area contributed by atoms with Crippen molar-refractivity contribution in [3.05, 3.63) is 65.7 Å². The molecule has 3 aromatic rings. The van der Waals surface area contributed by atoms with Crippen LogP contribution in [0.15, 0.2) is 58.9 Å². The Kier molecular flexibility index (Phi) is 4.77. The predicted octanol–water partition coefficient (Wildman–Crippen LogP) is 2.90. The van der Waals surface area contributed by atoms with Gasteiger partial charge < -0.3 is 0 Å². The molecule has 0 saturated carbocycles. The Hall–Kier alpha value is -2.78. The van der Waals surface area contributed by atoms with Gasteiger partial charge in [0.2, 0.25) is 5.13 Å². The van der Waals surface area contributed by atoms with E-state index in [2.05, 4.69) is 20.2 Å². The van der Waals surface area contributed by atoms with E-state index in [1.807, 2.05) is 19.1 Å². The molecule has 0 bridgehead atoms. The van der Waals surface area contributed by atoms with Crippen LogP contribution >= 0.6 is 11.3 Å². The molecule has 0 aliphatic carbocycles. The Morgan fingerprint density at radius 1 is 1.00 bits per heavy atom. The summed E-state index contributed by atoms with van der Waals surface area (Å²) in [5.74, 6) is -0.379. The largest absolute Gasteiger partial charge is 0.296 e. The number of amides is 1. The molecule has 9 heteroatoms. The highest BCUT2D eigenvalue weighted by molar-refractivity contribution is 7.94. The first-order valence-electron chi connectivity index (χ1n) is 7.23. The SMILES string of the molecule is Cc1ccc(C(=O)Nc2nnc(S(=O)(=O)Nc3ccccc3)s2)cc1. The quantitative estimate of drug-likeness (QED) is 0.669. The number of aryl methyl sites for hydroxylation is 1. The Bertz CT molecular complexity index is 984. The molecule has 2 N–H and O–H groups in total. The molecule has 0 fully saturated rings. The minimum Gasteiger partial charge on any atom is -0.296 e. The molecule has 1 amide bonds. The molecule has 0 atom stereocenters. The maximum atomic E-state index is 12.3. The molecule has 1 aromatic heterocycles.